The van der Waals surface area contributed by atoms with E-state index >= 15 is 0 Å². The van der Waals surface area contributed by atoms with E-state index < -0.39 is 22.1 Å². The Bertz CT molecular complexity index is 976. The van der Waals surface area contributed by atoms with Gasteiger partial charge in [-0.25, -0.2) is 8.42 Å². The lowest BCUT2D eigenvalue weighted by molar-refractivity contribution is -0.274. The fraction of sp³-hybridized carbons (Fsp3) is 0.368. The summed E-state index contributed by atoms with van der Waals surface area (Å²) in [5.41, 5.74) is 0.854. The molecular weight excluding hydrogens is 423 g/mol. The van der Waals surface area contributed by atoms with Crippen molar-refractivity contribution < 1.29 is 31.1 Å². The number of sulfonamides is 1. The summed E-state index contributed by atoms with van der Waals surface area (Å²) in [7, 11) is -4.00. The van der Waals surface area contributed by atoms with Gasteiger partial charge in [0.15, 0.2) is 0 Å². The lowest BCUT2D eigenvalue weighted by Crippen LogP contribution is -2.42. The van der Waals surface area contributed by atoms with Gasteiger partial charge in [0.25, 0.3) is 0 Å². The average Bonchev–Trinajstić information content (AvgIpc) is 2.72. The smallest absolute Gasteiger partial charge is 0.406 e. The first-order valence-corrected chi connectivity index (χ1v) is 10.6. The van der Waals surface area contributed by atoms with Crippen molar-refractivity contribution in [1.82, 2.24) is 14.6 Å². The van der Waals surface area contributed by atoms with Crippen molar-refractivity contribution in [3.8, 4) is 5.75 Å². The zero-order valence-corrected chi connectivity index (χ0v) is 16.6. The maximum absolute atomic E-state index is 12.8. The Morgan fingerprint density at radius 1 is 1.20 bits per heavy atom. The van der Waals surface area contributed by atoms with Gasteiger partial charge in [0, 0.05) is 44.0 Å². The molecule has 162 valence electrons. The van der Waals surface area contributed by atoms with Crippen LogP contribution in [0.1, 0.15) is 18.4 Å². The molecule has 0 unspecified atom stereocenters. The number of piperidine rings is 1. The van der Waals surface area contributed by atoms with E-state index in [-0.39, 0.29) is 29.8 Å². The minimum Gasteiger partial charge on any atom is -0.406 e. The second-order valence-corrected chi connectivity index (χ2v) is 8.72. The van der Waals surface area contributed by atoms with Crippen LogP contribution in [-0.2, 0) is 21.4 Å². The van der Waals surface area contributed by atoms with Crippen molar-refractivity contribution in [3.63, 3.8) is 0 Å². The first kappa shape index (κ1) is 22.0. The average molecular weight is 443 g/mol. The van der Waals surface area contributed by atoms with Crippen LogP contribution in [0.4, 0.5) is 13.2 Å². The van der Waals surface area contributed by atoms with Gasteiger partial charge < -0.3 is 10.1 Å². The SMILES string of the molecule is O=C(NCc1cccnc1)C1CCN(S(=O)(=O)c2cccc(OC(F)(F)F)c2)CC1. The number of rotatable bonds is 6. The Morgan fingerprint density at radius 2 is 1.93 bits per heavy atom. The molecule has 1 N–H and O–H groups in total. The van der Waals surface area contributed by atoms with Crippen LogP contribution < -0.4 is 10.1 Å². The number of hydrogen-bond donors (Lipinski definition) is 1. The number of nitrogens with one attached hydrogen (secondary N) is 1. The molecule has 30 heavy (non-hydrogen) atoms. The summed E-state index contributed by atoms with van der Waals surface area (Å²) in [4.78, 5) is 16.0. The van der Waals surface area contributed by atoms with Gasteiger partial charge in [-0.3, -0.25) is 9.78 Å². The van der Waals surface area contributed by atoms with Crippen molar-refractivity contribution in [3.05, 3.63) is 54.4 Å². The predicted molar refractivity (Wildman–Crippen MR) is 101 cm³/mol. The Morgan fingerprint density at radius 3 is 2.57 bits per heavy atom. The van der Waals surface area contributed by atoms with Crippen LogP contribution in [0.15, 0.2) is 53.7 Å². The summed E-state index contributed by atoms with van der Waals surface area (Å²) in [5, 5.41) is 2.81. The molecular formula is C19H20F3N3O4S. The summed E-state index contributed by atoms with van der Waals surface area (Å²) in [6.07, 6.45) is -1.00. The van der Waals surface area contributed by atoms with Crippen molar-refractivity contribution in [2.75, 3.05) is 13.1 Å². The third-order valence-corrected chi connectivity index (χ3v) is 6.59. The van der Waals surface area contributed by atoms with Crippen LogP contribution in [-0.4, -0.2) is 43.1 Å². The Kier molecular flexibility index (Phi) is 6.61. The highest BCUT2D eigenvalue weighted by Crippen LogP contribution is 2.28. The monoisotopic (exact) mass is 443 g/mol. The fourth-order valence-corrected chi connectivity index (χ4v) is 4.68. The van der Waals surface area contributed by atoms with Crippen LogP contribution in [0.3, 0.4) is 0 Å². The summed E-state index contributed by atoms with van der Waals surface area (Å²) >= 11 is 0. The molecule has 11 heteroatoms. The van der Waals surface area contributed by atoms with Gasteiger partial charge in [-0.05, 0) is 36.6 Å². The molecule has 0 saturated carbocycles. The molecule has 1 aliphatic heterocycles. The largest absolute Gasteiger partial charge is 0.573 e. The predicted octanol–water partition coefficient (Wildman–Crippen LogP) is 2.70. The van der Waals surface area contributed by atoms with E-state index in [1.807, 2.05) is 6.07 Å². The van der Waals surface area contributed by atoms with Crippen LogP contribution >= 0.6 is 0 Å². The number of nitrogens with zero attached hydrogens (tertiary/aromatic N) is 2. The second-order valence-electron chi connectivity index (χ2n) is 6.78. The van der Waals surface area contributed by atoms with Crippen LogP contribution in [0, 0.1) is 5.92 Å². The lowest BCUT2D eigenvalue weighted by Gasteiger charge is -2.30. The van der Waals surface area contributed by atoms with E-state index in [2.05, 4.69) is 15.0 Å². The number of amides is 1. The first-order valence-electron chi connectivity index (χ1n) is 9.18. The zero-order chi connectivity index (χ0) is 21.8. The second kappa shape index (κ2) is 9.00. The van der Waals surface area contributed by atoms with Crippen LogP contribution in [0.2, 0.25) is 0 Å². The van der Waals surface area contributed by atoms with E-state index in [0.29, 0.717) is 19.4 Å². The molecule has 1 aromatic carbocycles. The minimum atomic E-state index is -4.91. The summed E-state index contributed by atoms with van der Waals surface area (Å²) in [5.74, 6) is -1.11. The van der Waals surface area contributed by atoms with Gasteiger partial charge in [-0.1, -0.05) is 12.1 Å². The maximum Gasteiger partial charge on any atom is 0.573 e. The number of halogens is 3. The Hall–Kier alpha value is -2.66. The van der Waals surface area contributed by atoms with Gasteiger partial charge in [-0.15, -0.1) is 13.2 Å². The highest BCUT2D eigenvalue weighted by molar-refractivity contribution is 7.89. The van der Waals surface area contributed by atoms with Gasteiger partial charge in [0.1, 0.15) is 5.75 Å². The molecule has 0 atom stereocenters. The normalized spacial score (nSPS) is 16.2. The molecule has 1 aliphatic rings. The summed E-state index contributed by atoms with van der Waals surface area (Å²) < 4.78 is 67.7. The highest BCUT2D eigenvalue weighted by atomic mass is 32.2. The van der Waals surface area contributed by atoms with Gasteiger partial charge >= 0.3 is 6.36 Å². The van der Waals surface area contributed by atoms with Crippen LogP contribution in [0.5, 0.6) is 5.75 Å². The van der Waals surface area contributed by atoms with E-state index in [1.165, 1.54) is 16.4 Å². The molecule has 2 aromatic rings. The number of carbonyl (C=O) groups is 1. The van der Waals surface area contributed by atoms with E-state index in [1.54, 1.807) is 18.5 Å². The lowest BCUT2D eigenvalue weighted by atomic mass is 9.97. The molecule has 3 rings (SSSR count). The number of aromatic nitrogens is 1. The molecule has 2 heterocycles. The third-order valence-electron chi connectivity index (χ3n) is 4.69. The van der Waals surface area contributed by atoms with Crippen molar-refractivity contribution in [2.45, 2.75) is 30.6 Å². The summed E-state index contributed by atoms with van der Waals surface area (Å²) in [6, 6.07) is 7.87. The number of carbonyl (C=O) groups excluding carboxylic acids is 1. The Balaban J connectivity index is 1.58. The highest BCUT2D eigenvalue weighted by Gasteiger charge is 2.34. The van der Waals surface area contributed by atoms with Crippen LogP contribution in [0.25, 0.3) is 0 Å². The number of alkyl halides is 3. The van der Waals surface area contributed by atoms with E-state index in [0.717, 1.165) is 17.7 Å². The van der Waals surface area contributed by atoms with Crippen molar-refractivity contribution in [1.29, 1.82) is 0 Å². The van der Waals surface area contributed by atoms with Gasteiger partial charge in [0.2, 0.25) is 15.9 Å². The molecule has 0 radical (unpaired) electrons. The molecule has 7 nitrogen and oxygen atoms in total. The van der Waals surface area contributed by atoms with Gasteiger partial charge in [-0.2, -0.15) is 4.31 Å². The number of benzene rings is 1. The topological polar surface area (TPSA) is 88.6 Å². The third kappa shape index (κ3) is 5.70. The molecule has 1 saturated heterocycles. The molecule has 0 aliphatic carbocycles. The Labute approximate surface area is 171 Å². The standard InChI is InChI=1S/C19H20F3N3O4S/c20-19(21,22)29-16-4-1-5-17(11-16)30(27,28)25-9-6-15(7-10-25)18(26)24-13-14-3-2-8-23-12-14/h1-5,8,11-12,15H,6-7,9-10,13H2,(H,24,26). The number of ether oxygens (including phenoxy) is 1. The molecule has 1 amide bonds. The number of hydrogen-bond acceptors (Lipinski definition) is 5. The molecule has 1 fully saturated rings. The van der Waals surface area contributed by atoms with E-state index in [9.17, 15) is 26.4 Å². The molecule has 0 spiro atoms. The van der Waals surface area contributed by atoms with Gasteiger partial charge in [0.05, 0.1) is 4.90 Å². The van der Waals surface area contributed by atoms with Crippen molar-refractivity contribution >= 4 is 15.9 Å². The van der Waals surface area contributed by atoms with Crippen molar-refractivity contribution in [2.24, 2.45) is 5.92 Å². The molecule has 1 aromatic heterocycles. The van der Waals surface area contributed by atoms with E-state index in [4.69, 9.17) is 0 Å². The number of pyridine rings is 1. The molecule has 0 bridgehead atoms. The maximum atomic E-state index is 12.8. The first-order chi connectivity index (χ1) is 14.1. The zero-order valence-electron chi connectivity index (χ0n) is 15.8. The summed E-state index contributed by atoms with van der Waals surface area (Å²) in [6.45, 7) is 0.520. The minimum absolute atomic E-state index is 0.0949. The quantitative estimate of drug-likeness (QED) is 0.742. The fourth-order valence-electron chi connectivity index (χ4n) is 3.18.